The van der Waals surface area contributed by atoms with Crippen molar-refractivity contribution in [1.29, 1.82) is 0 Å². The first kappa shape index (κ1) is 17.3. The summed E-state index contributed by atoms with van der Waals surface area (Å²) in [6.07, 6.45) is 2.53. The van der Waals surface area contributed by atoms with Crippen LogP contribution in [0.4, 0.5) is 0 Å². The van der Waals surface area contributed by atoms with Gasteiger partial charge in [-0.15, -0.1) is 6.58 Å². The molecule has 0 aliphatic rings. The van der Waals surface area contributed by atoms with Gasteiger partial charge in [0.1, 0.15) is 0 Å². The van der Waals surface area contributed by atoms with Crippen molar-refractivity contribution in [3.63, 3.8) is 0 Å². The lowest BCUT2D eigenvalue weighted by atomic mass is 10.0. The van der Waals surface area contributed by atoms with Crippen LogP contribution in [-0.2, 0) is 0 Å². The van der Waals surface area contributed by atoms with Crippen LogP contribution in [0, 0.1) is 0 Å². The van der Waals surface area contributed by atoms with Crippen molar-refractivity contribution in [2.75, 3.05) is 19.8 Å². The standard InChI is InChI=1S/C16H26N2O3/c1-5-9-13(18-17)12-10-14(19-6-2)16(21-8-4)15(11-12)20-7-3/h5,10-11,13,18H,1,6-9,17H2,2-4H3. The second-order valence-electron chi connectivity index (χ2n) is 4.39. The SMILES string of the molecule is C=CCC(NN)c1cc(OCC)c(OCC)c(OCC)c1. The van der Waals surface area contributed by atoms with Gasteiger partial charge in [-0.05, 0) is 44.9 Å². The lowest BCUT2D eigenvalue weighted by molar-refractivity contribution is 0.260. The highest BCUT2D eigenvalue weighted by molar-refractivity contribution is 5.54. The molecular weight excluding hydrogens is 268 g/mol. The minimum absolute atomic E-state index is 0.0448. The van der Waals surface area contributed by atoms with Crippen LogP contribution >= 0.6 is 0 Å². The van der Waals surface area contributed by atoms with Gasteiger partial charge in [-0.1, -0.05) is 6.08 Å². The number of nitrogens with one attached hydrogen (secondary N) is 1. The molecule has 1 rings (SSSR count). The first-order chi connectivity index (χ1) is 10.2. The Morgan fingerprint density at radius 3 is 2.00 bits per heavy atom. The highest BCUT2D eigenvalue weighted by Crippen LogP contribution is 2.40. The normalized spacial score (nSPS) is 11.8. The fourth-order valence-corrected chi connectivity index (χ4v) is 2.08. The number of nitrogens with two attached hydrogens (primary N) is 1. The van der Waals surface area contributed by atoms with E-state index in [1.165, 1.54) is 0 Å². The Kier molecular flexibility index (Phi) is 7.64. The molecule has 0 aliphatic heterocycles. The molecular formula is C16H26N2O3. The van der Waals surface area contributed by atoms with Gasteiger partial charge in [-0.2, -0.15) is 0 Å². The van der Waals surface area contributed by atoms with E-state index < -0.39 is 0 Å². The van der Waals surface area contributed by atoms with Crippen LogP contribution in [0.25, 0.3) is 0 Å². The van der Waals surface area contributed by atoms with E-state index in [9.17, 15) is 0 Å². The zero-order valence-electron chi connectivity index (χ0n) is 13.1. The molecule has 1 aromatic rings. The molecule has 0 bridgehead atoms. The number of ether oxygens (including phenoxy) is 3. The minimum Gasteiger partial charge on any atom is -0.490 e. The highest BCUT2D eigenvalue weighted by atomic mass is 16.5. The van der Waals surface area contributed by atoms with Crippen molar-refractivity contribution < 1.29 is 14.2 Å². The highest BCUT2D eigenvalue weighted by Gasteiger charge is 2.18. The van der Waals surface area contributed by atoms with E-state index in [0.29, 0.717) is 43.5 Å². The van der Waals surface area contributed by atoms with Gasteiger partial charge in [0.05, 0.1) is 19.8 Å². The number of hydrazine groups is 1. The third kappa shape index (κ3) is 4.65. The lowest BCUT2D eigenvalue weighted by Crippen LogP contribution is -2.27. The summed E-state index contributed by atoms with van der Waals surface area (Å²) < 4.78 is 17.1. The van der Waals surface area contributed by atoms with E-state index in [0.717, 1.165) is 5.56 Å². The van der Waals surface area contributed by atoms with E-state index >= 15 is 0 Å². The molecule has 0 spiro atoms. The molecule has 118 valence electrons. The monoisotopic (exact) mass is 294 g/mol. The first-order valence-electron chi connectivity index (χ1n) is 7.35. The first-order valence-corrected chi connectivity index (χ1v) is 7.35. The third-order valence-corrected chi connectivity index (χ3v) is 2.94. The average Bonchev–Trinajstić information content (AvgIpc) is 2.48. The van der Waals surface area contributed by atoms with Crippen molar-refractivity contribution >= 4 is 0 Å². The van der Waals surface area contributed by atoms with E-state index in [-0.39, 0.29) is 6.04 Å². The Labute approximate surface area is 127 Å². The van der Waals surface area contributed by atoms with Gasteiger partial charge in [0.2, 0.25) is 5.75 Å². The lowest BCUT2D eigenvalue weighted by Gasteiger charge is -2.20. The Bertz CT molecular complexity index is 422. The van der Waals surface area contributed by atoms with Gasteiger partial charge in [0.15, 0.2) is 11.5 Å². The van der Waals surface area contributed by atoms with Gasteiger partial charge < -0.3 is 14.2 Å². The van der Waals surface area contributed by atoms with E-state index in [2.05, 4.69) is 12.0 Å². The van der Waals surface area contributed by atoms with Gasteiger partial charge >= 0.3 is 0 Å². The maximum absolute atomic E-state index is 5.69. The number of benzene rings is 1. The summed E-state index contributed by atoms with van der Waals surface area (Å²) in [5, 5.41) is 0. The number of hydrogen-bond donors (Lipinski definition) is 2. The fraction of sp³-hybridized carbons (Fsp3) is 0.500. The molecule has 1 atom stereocenters. The van der Waals surface area contributed by atoms with Crippen molar-refractivity contribution in [2.24, 2.45) is 5.84 Å². The molecule has 3 N–H and O–H groups in total. The summed E-state index contributed by atoms with van der Waals surface area (Å²) in [5.41, 5.74) is 3.77. The summed E-state index contributed by atoms with van der Waals surface area (Å²) in [6.45, 7) is 11.2. The largest absolute Gasteiger partial charge is 0.490 e. The zero-order valence-corrected chi connectivity index (χ0v) is 13.1. The smallest absolute Gasteiger partial charge is 0.203 e. The van der Waals surface area contributed by atoms with Crippen LogP contribution in [-0.4, -0.2) is 19.8 Å². The molecule has 21 heavy (non-hydrogen) atoms. The van der Waals surface area contributed by atoms with Crippen LogP contribution in [0.1, 0.15) is 38.8 Å². The van der Waals surface area contributed by atoms with Gasteiger partial charge in [-0.3, -0.25) is 11.3 Å². The quantitative estimate of drug-likeness (QED) is 0.394. The van der Waals surface area contributed by atoms with Gasteiger partial charge in [-0.25, -0.2) is 0 Å². The molecule has 5 nitrogen and oxygen atoms in total. The fourth-order valence-electron chi connectivity index (χ4n) is 2.08. The molecule has 1 unspecified atom stereocenters. The molecule has 5 heteroatoms. The molecule has 0 saturated heterocycles. The molecule has 0 radical (unpaired) electrons. The maximum atomic E-state index is 5.69. The molecule has 0 aliphatic carbocycles. The number of hydrogen-bond acceptors (Lipinski definition) is 5. The van der Waals surface area contributed by atoms with Crippen molar-refractivity contribution in [3.8, 4) is 17.2 Å². The van der Waals surface area contributed by atoms with E-state index in [1.54, 1.807) is 0 Å². The molecule has 0 heterocycles. The van der Waals surface area contributed by atoms with Crippen LogP contribution in [0.15, 0.2) is 24.8 Å². The molecule has 0 amide bonds. The van der Waals surface area contributed by atoms with E-state index in [4.69, 9.17) is 20.1 Å². The molecule has 1 aromatic carbocycles. The zero-order chi connectivity index (χ0) is 15.7. The molecule has 0 saturated carbocycles. The number of rotatable bonds is 10. The Balaban J connectivity index is 3.29. The maximum Gasteiger partial charge on any atom is 0.203 e. The summed E-state index contributed by atoms with van der Waals surface area (Å²) in [5.74, 6) is 7.61. The second-order valence-corrected chi connectivity index (χ2v) is 4.39. The van der Waals surface area contributed by atoms with Crippen LogP contribution in [0.3, 0.4) is 0 Å². The van der Waals surface area contributed by atoms with Crippen molar-refractivity contribution in [3.05, 3.63) is 30.4 Å². The topological polar surface area (TPSA) is 65.7 Å². The second kappa shape index (κ2) is 9.26. The van der Waals surface area contributed by atoms with Crippen LogP contribution in [0.5, 0.6) is 17.2 Å². The molecule has 0 fully saturated rings. The predicted octanol–water partition coefficient (Wildman–Crippen LogP) is 2.96. The van der Waals surface area contributed by atoms with Crippen molar-refractivity contribution in [1.82, 2.24) is 5.43 Å². The Hall–Kier alpha value is -1.72. The van der Waals surface area contributed by atoms with Crippen molar-refractivity contribution in [2.45, 2.75) is 33.2 Å². The Morgan fingerprint density at radius 1 is 1.10 bits per heavy atom. The van der Waals surface area contributed by atoms with Crippen LogP contribution in [0.2, 0.25) is 0 Å². The predicted molar refractivity (Wildman–Crippen MR) is 84.8 cm³/mol. The summed E-state index contributed by atoms with van der Waals surface area (Å²) >= 11 is 0. The summed E-state index contributed by atoms with van der Waals surface area (Å²) in [4.78, 5) is 0. The molecule has 0 aromatic heterocycles. The Morgan fingerprint density at radius 2 is 1.62 bits per heavy atom. The summed E-state index contributed by atoms with van der Waals surface area (Å²) in [6, 6.07) is 3.83. The van der Waals surface area contributed by atoms with E-state index in [1.807, 2.05) is 39.0 Å². The van der Waals surface area contributed by atoms with Gasteiger partial charge in [0.25, 0.3) is 0 Å². The van der Waals surface area contributed by atoms with Crippen LogP contribution < -0.4 is 25.5 Å². The third-order valence-electron chi connectivity index (χ3n) is 2.94. The summed E-state index contributed by atoms with van der Waals surface area (Å²) in [7, 11) is 0. The van der Waals surface area contributed by atoms with Gasteiger partial charge in [0, 0.05) is 6.04 Å². The average molecular weight is 294 g/mol. The minimum atomic E-state index is -0.0448.